The largest absolute Gasteiger partial charge is 0.496 e. The van der Waals surface area contributed by atoms with E-state index in [1.165, 1.54) is 0 Å². The molecule has 0 unspecified atom stereocenters. The van der Waals surface area contributed by atoms with Gasteiger partial charge < -0.3 is 19.3 Å². The quantitative estimate of drug-likeness (QED) is 0.930. The molecule has 1 aliphatic rings. The maximum Gasteiger partial charge on any atom is 0.265 e. The van der Waals surface area contributed by atoms with Crippen LogP contribution in [0.5, 0.6) is 11.5 Å². The Balaban J connectivity index is 1.95. The van der Waals surface area contributed by atoms with Gasteiger partial charge in [-0.05, 0) is 38.1 Å². The standard InChI is InChI=1S/C15H19N3O3/c1-19-11-4-3-5-12(20-2)13(11)15-17-14(18-21-15)10-6-8-16-9-7-10/h3-5,10,16H,6-9H2,1-2H3. The number of benzene rings is 1. The van der Waals surface area contributed by atoms with Crippen LogP contribution in [0.15, 0.2) is 22.7 Å². The summed E-state index contributed by atoms with van der Waals surface area (Å²) in [6, 6.07) is 5.57. The van der Waals surface area contributed by atoms with Crippen LogP contribution in [0, 0.1) is 0 Å². The average Bonchev–Trinajstić information content (AvgIpc) is 3.04. The van der Waals surface area contributed by atoms with Crippen molar-refractivity contribution in [3.05, 3.63) is 24.0 Å². The van der Waals surface area contributed by atoms with Gasteiger partial charge in [0.1, 0.15) is 17.1 Å². The van der Waals surface area contributed by atoms with E-state index < -0.39 is 0 Å². The first-order chi connectivity index (χ1) is 10.3. The van der Waals surface area contributed by atoms with Crippen LogP contribution in [0.1, 0.15) is 24.6 Å². The van der Waals surface area contributed by atoms with Crippen LogP contribution >= 0.6 is 0 Å². The topological polar surface area (TPSA) is 69.4 Å². The molecule has 1 fully saturated rings. The van der Waals surface area contributed by atoms with Crippen molar-refractivity contribution in [2.24, 2.45) is 0 Å². The fourth-order valence-corrected chi connectivity index (χ4v) is 2.64. The summed E-state index contributed by atoms with van der Waals surface area (Å²) in [5.41, 5.74) is 0.704. The molecule has 1 aliphatic heterocycles. The SMILES string of the molecule is COc1cccc(OC)c1-c1nc(C2CCNCC2)no1. The molecule has 2 heterocycles. The van der Waals surface area contributed by atoms with E-state index in [9.17, 15) is 0 Å². The van der Waals surface area contributed by atoms with Gasteiger partial charge in [-0.1, -0.05) is 11.2 Å². The Bertz CT molecular complexity index is 584. The van der Waals surface area contributed by atoms with Gasteiger partial charge >= 0.3 is 0 Å². The molecule has 1 aromatic heterocycles. The molecule has 0 amide bonds. The predicted molar refractivity (Wildman–Crippen MR) is 77.7 cm³/mol. The molecule has 21 heavy (non-hydrogen) atoms. The van der Waals surface area contributed by atoms with Crippen LogP contribution in [-0.2, 0) is 0 Å². The Labute approximate surface area is 123 Å². The van der Waals surface area contributed by atoms with Crippen LogP contribution in [0.25, 0.3) is 11.5 Å². The molecule has 1 aromatic carbocycles. The van der Waals surface area contributed by atoms with Crippen molar-refractivity contribution in [1.82, 2.24) is 15.5 Å². The van der Waals surface area contributed by atoms with Gasteiger partial charge in [-0.15, -0.1) is 0 Å². The third-order valence-corrected chi connectivity index (χ3v) is 3.79. The number of hydrogen-bond acceptors (Lipinski definition) is 6. The molecule has 0 bridgehead atoms. The van der Waals surface area contributed by atoms with Crippen molar-refractivity contribution in [2.45, 2.75) is 18.8 Å². The highest BCUT2D eigenvalue weighted by atomic mass is 16.5. The zero-order chi connectivity index (χ0) is 14.7. The van der Waals surface area contributed by atoms with Crippen LogP contribution in [0.2, 0.25) is 0 Å². The summed E-state index contributed by atoms with van der Waals surface area (Å²) in [5, 5.41) is 7.48. The molecule has 6 nitrogen and oxygen atoms in total. The second-order valence-corrected chi connectivity index (χ2v) is 5.02. The molecule has 112 valence electrons. The Kier molecular flexibility index (Phi) is 4.06. The van der Waals surface area contributed by atoms with Gasteiger partial charge in [0.15, 0.2) is 5.82 Å². The van der Waals surface area contributed by atoms with Crippen molar-refractivity contribution in [3.8, 4) is 23.0 Å². The number of nitrogens with zero attached hydrogens (tertiary/aromatic N) is 2. The molecule has 0 saturated carbocycles. The summed E-state index contributed by atoms with van der Waals surface area (Å²) in [6.07, 6.45) is 2.06. The summed E-state index contributed by atoms with van der Waals surface area (Å²) in [6.45, 7) is 1.99. The molecule has 3 rings (SSSR count). The molecule has 0 spiro atoms. The van der Waals surface area contributed by atoms with Gasteiger partial charge in [-0.2, -0.15) is 4.98 Å². The number of ether oxygens (including phenoxy) is 2. The average molecular weight is 289 g/mol. The molecule has 0 radical (unpaired) electrons. The first-order valence-corrected chi connectivity index (χ1v) is 7.09. The van der Waals surface area contributed by atoms with Crippen LogP contribution in [0.4, 0.5) is 0 Å². The Hall–Kier alpha value is -2.08. The maximum atomic E-state index is 5.45. The van der Waals surface area contributed by atoms with Crippen LogP contribution < -0.4 is 14.8 Å². The van der Waals surface area contributed by atoms with E-state index >= 15 is 0 Å². The fourth-order valence-electron chi connectivity index (χ4n) is 2.64. The number of piperidine rings is 1. The molecular formula is C15H19N3O3. The lowest BCUT2D eigenvalue weighted by atomic mass is 9.98. The van der Waals surface area contributed by atoms with Gasteiger partial charge in [-0.25, -0.2) is 0 Å². The highest BCUT2D eigenvalue weighted by Crippen LogP contribution is 2.38. The normalized spacial score (nSPS) is 15.9. The van der Waals surface area contributed by atoms with Crippen LogP contribution in [0.3, 0.4) is 0 Å². The van der Waals surface area contributed by atoms with Crippen molar-refractivity contribution >= 4 is 0 Å². The zero-order valence-electron chi connectivity index (χ0n) is 12.3. The van der Waals surface area contributed by atoms with E-state index in [0.29, 0.717) is 28.9 Å². The fraction of sp³-hybridized carbons (Fsp3) is 0.467. The number of methoxy groups -OCH3 is 2. The second-order valence-electron chi connectivity index (χ2n) is 5.02. The van der Waals surface area contributed by atoms with Crippen molar-refractivity contribution in [1.29, 1.82) is 0 Å². The summed E-state index contributed by atoms with van der Waals surface area (Å²) in [4.78, 5) is 4.56. The van der Waals surface area contributed by atoms with E-state index in [2.05, 4.69) is 15.5 Å². The molecule has 2 aromatic rings. The van der Waals surface area contributed by atoms with E-state index in [0.717, 1.165) is 31.8 Å². The minimum absolute atomic E-state index is 0.351. The smallest absolute Gasteiger partial charge is 0.265 e. The zero-order valence-corrected chi connectivity index (χ0v) is 12.3. The van der Waals surface area contributed by atoms with Gasteiger partial charge in [0.25, 0.3) is 5.89 Å². The predicted octanol–water partition coefficient (Wildman–Crippen LogP) is 2.22. The molecule has 1 N–H and O–H groups in total. The van der Waals surface area contributed by atoms with Crippen molar-refractivity contribution in [2.75, 3.05) is 27.3 Å². The van der Waals surface area contributed by atoms with E-state index in [1.807, 2.05) is 18.2 Å². The lowest BCUT2D eigenvalue weighted by Gasteiger charge is -2.19. The lowest BCUT2D eigenvalue weighted by molar-refractivity contribution is 0.377. The Morgan fingerprint density at radius 2 is 1.81 bits per heavy atom. The Morgan fingerprint density at radius 1 is 1.14 bits per heavy atom. The molecule has 0 atom stereocenters. The van der Waals surface area contributed by atoms with Crippen molar-refractivity contribution in [3.63, 3.8) is 0 Å². The molecule has 1 saturated heterocycles. The lowest BCUT2D eigenvalue weighted by Crippen LogP contribution is -2.27. The summed E-state index contributed by atoms with van der Waals surface area (Å²) in [5.74, 6) is 2.88. The molecule has 0 aliphatic carbocycles. The highest BCUT2D eigenvalue weighted by Gasteiger charge is 2.24. The highest BCUT2D eigenvalue weighted by molar-refractivity contribution is 5.70. The summed E-state index contributed by atoms with van der Waals surface area (Å²) in [7, 11) is 3.23. The van der Waals surface area contributed by atoms with Gasteiger partial charge in [0.2, 0.25) is 0 Å². The van der Waals surface area contributed by atoms with Gasteiger partial charge in [0.05, 0.1) is 14.2 Å². The van der Waals surface area contributed by atoms with Gasteiger partial charge in [0, 0.05) is 5.92 Å². The van der Waals surface area contributed by atoms with E-state index in [-0.39, 0.29) is 0 Å². The van der Waals surface area contributed by atoms with E-state index in [4.69, 9.17) is 14.0 Å². The number of hydrogen-bond donors (Lipinski definition) is 1. The monoisotopic (exact) mass is 289 g/mol. The summed E-state index contributed by atoms with van der Waals surface area (Å²) >= 11 is 0. The third-order valence-electron chi connectivity index (χ3n) is 3.79. The minimum atomic E-state index is 0.351. The number of rotatable bonds is 4. The van der Waals surface area contributed by atoms with E-state index in [1.54, 1.807) is 14.2 Å². The first-order valence-electron chi connectivity index (χ1n) is 7.09. The van der Waals surface area contributed by atoms with Crippen molar-refractivity contribution < 1.29 is 14.0 Å². The van der Waals surface area contributed by atoms with Crippen LogP contribution in [-0.4, -0.2) is 37.4 Å². The molecular weight excluding hydrogens is 270 g/mol. The number of aromatic nitrogens is 2. The first kappa shape index (κ1) is 13.9. The molecule has 6 heteroatoms. The summed E-state index contributed by atoms with van der Waals surface area (Å²) < 4.78 is 16.2. The Morgan fingerprint density at radius 3 is 2.43 bits per heavy atom. The number of nitrogens with one attached hydrogen (secondary N) is 1. The van der Waals surface area contributed by atoms with Gasteiger partial charge in [-0.3, -0.25) is 0 Å². The maximum absolute atomic E-state index is 5.45. The second kappa shape index (κ2) is 6.13. The minimum Gasteiger partial charge on any atom is -0.496 e. The third kappa shape index (κ3) is 2.71.